The fourth-order valence-corrected chi connectivity index (χ4v) is 4.80. The van der Waals surface area contributed by atoms with Crippen LogP contribution in [0.2, 0.25) is 0 Å². The highest BCUT2D eigenvalue weighted by Gasteiger charge is 2.41. The lowest BCUT2D eigenvalue weighted by Crippen LogP contribution is -2.36. The highest BCUT2D eigenvalue weighted by molar-refractivity contribution is 5.93. The maximum atomic E-state index is 14.4. The fourth-order valence-electron chi connectivity index (χ4n) is 4.80. The molecule has 4 aromatic rings. The average Bonchev–Trinajstić information content (AvgIpc) is 3.00. The molecule has 1 aliphatic rings. The van der Waals surface area contributed by atoms with Crippen LogP contribution in [0.5, 0.6) is 28.7 Å². The Morgan fingerprint density at radius 3 is 2.27 bits per heavy atom. The maximum Gasteiger partial charge on any atom is 0.453 e. The van der Waals surface area contributed by atoms with Crippen LogP contribution in [0.1, 0.15) is 32.8 Å². The van der Waals surface area contributed by atoms with Gasteiger partial charge in [-0.05, 0) is 67.4 Å². The standard InChI is InChI=1S/C32H30F3NO8/c1-18-5-7-21(15-19(18)2)42-29-27(37)22-8-10-24(43-31(38)20-6-9-25(39-3)26(16-20)40-4)23(17-36-11-13-41-14-12-36)28(22)44-30(29)32(33,34)35/h5-10,15-16H,11-14,17H2,1-4H3. The molecule has 0 unspecified atom stereocenters. The molecule has 0 N–H and O–H groups in total. The molecule has 0 aliphatic carbocycles. The molecule has 0 spiro atoms. The number of hydrogen-bond acceptors (Lipinski definition) is 9. The minimum atomic E-state index is -5.08. The summed E-state index contributed by atoms with van der Waals surface area (Å²) < 4.78 is 75.8. The number of halogens is 3. The van der Waals surface area contributed by atoms with Crippen LogP contribution < -0.4 is 24.4 Å². The zero-order valence-electron chi connectivity index (χ0n) is 24.5. The Morgan fingerprint density at radius 1 is 0.909 bits per heavy atom. The molecule has 0 amide bonds. The number of aryl methyl sites for hydroxylation is 2. The number of alkyl halides is 3. The van der Waals surface area contributed by atoms with Crippen LogP contribution in [0.3, 0.4) is 0 Å². The minimum absolute atomic E-state index is 0.0207. The number of morpholine rings is 1. The van der Waals surface area contributed by atoms with Gasteiger partial charge in [-0.1, -0.05) is 6.07 Å². The lowest BCUT2D eigenvalue weighted by Gasteiger charge is -2.27. The number of methoxy groups -OCH3 is 2. The van der Waals surface area contributed by atoms with E-state index >= 15 is 0 Å². The Morgan fingerprint density at radius 2 is 1.61 bits per heavy atom. The van der Waals surface area contributed by atoms with Crippen molar-refractivity contribution >= 4 is 16.9 Å². The van der Waals surface area contributed by atoms with Crippen LogP contribution in [-0.2, 0) is 17.5 Å². The highest BCUT2D eigenvalue weighted by atomic mass is 19.4. The Bertz CT molecular complexity index is 1760. The topological polar surface area (TPSA) is 96.7 Å². The van der Waals surface area contributed by atoms with Crippen LogP contribution in [0.4, 0.5) is 13.2 Å². The van der Waals surface area contributed by atoms with Crippen LogP contribution in [0.25, 0.3) is 11.0 Å². The number of esters is 1. The normalized spacial score (nSPS) is 14.0. The summed E-state index contributed by atoms with van der Waals surface area (Å²) in [6.07, 6.45) is -5.08. The number of rotatable bonds is 8. The third-order valence-corrected chi connectivity index (χ3v) is 7.34. The third-order valence-electron chi connectivity index (χ3n) is 7.34. The molecule has 5 rings (SSSR count). The first kappa shape index (κ1) is 30.9. The number of benzene rings is 3. The van der Waals surface area contributed by atoms with E-state index in [1.165, 1.54) is 50.6 Å². The minimum Gasteiger partial charge on any atom is -0.493 e. The van der Waals surface area contributed by atoms with Gasteiger partial charge in [-0.3, -0.25) is 9.69 Å². The summed E-state index contributed by atoms with van der Waals surface area (Å²) in [6, 6.07) is 11.7. The molecule has 1 aliphatic heterocycles. The van der Waals surface area contributed by atoms with Crippen molar-refractivity contribution < 1.29 is 46.1 Å². The van der Waals surface area contributed by atoms with Crippen molar-refractivity contribution in [1.82, 2.24) is 4.90 Å². The smallest absolute Gasteiger partial charge is 0.453 e. The van der Waals surface area contributed by atoms with Gasteiger partial charge in [0.05, 0.1) is 43.9 Å². The monoisotopic (exact) mass is 613 g/mol. The van der Waals surface area contributed by atoms with Gasteiger partial charge in [0.1, 0.15) is 17.1 Å². The van der Waals surface area contributed by atoms with Crippen LogP contribution in [0.15, 0.2) is 57.7 Å². The largest absolute Gasteiger partial charge is 0.493 e. The second kappa shape index (κ2) is 12.6. The molecule has 0 radical (unpaired) electrons. The van der Waals surface area contributed by atoms with Crippen molar-refractivity contribution in [3.8, 4) is 28.7 Å². The molecule has 12 heteroatoms. The van der Waals surface area contributed by atoms with Crippen molar-refractivity contribution in [2.45, 2.75) is 26.6 Å². The number of hydrogen-bond donors (Lipinski definition) is 0. The first-order valence-electron chi connectivity index (χ1n) is 13.7. The molecule has 2 heterocycles. The Kier molecular flexibility index (Phi) is 8.84. The molecule has 1 saturated heterocycles. The first-order chi connectivity index (χ1) is 21.0. The molecular formula is C32H30F3NO8. The molecule has 1 fully saturated rings. The van der Waals surface area contributed by atoms with Crippen molar-refractivity contribution in [3.63, 3.8) is 0 Å². The number of fused-ring (bicyclic) bond motifs is 1. The average molecular weight is 614 g/mol. The Balaban J connectivity index is 1.64. The van der Waals surface area contributed by atoms with E-state index in [1.54, 1.807) is 19.1 Å². The van der Waals surface area contributed by atoms with Gasteiger partial charge in [0.15, 0.2) is 11.5 Å². The van der Waals surface area contributed by atoms with Gasteiger partial charge in [-0.2, -0.15) is 13.2 Å². The summed E-state index contributed by atoms with van der Waals surface area (Å²) in [5.41, 5.74) is 0.502. The summed E-state index contributed by atoms with van der Waals surface area (Å²) in [4.78, 5) is 28.8. The van der Waals surface area contributed by atoms with Crippen molar-refractivity contribution in [3.05, 3.63) is 86.8 Å². The first-order valence-corrected chi connectivity index (χ1v) is 13.7. The maximum absolute atomic E-state index is 14.4. The molecular weight excluding hydrogens is 583 g/mol. The van der Waals surface area contributed by atoms with E-state index in [4.69, 9.17) is 28.1 Å². The molecule has 3 aromatic carbocycles. The zero-order valence-corrected chi connectivity index (χ0v) is 24.5. The third kappa shape index (κ3) is 6.36. The van der Waals surface area contributed by atoms with Gasteiger partial charge < -0.3 is 28.1 Å². The molecule has 0 bridgehead atoms. The van der Waals surface area contributed by atoms with E-state index < -0.39 is 29.1 Å². The second-order valence-electron chi connectivity index (χ2n) is 10.2. The van der Waals surface area contributed by atoms with Gasteiger partial charge >= 0.3 is 12.1 Å². The van der Waals surface area contributed by atoms with Crippen LogP contribution in [0, 0.1) is 13.8 Å². The summed E-state index contributed by atoms with van der Waals surface area (Å²) in [7, 11) is 2.86. The Labute approximate surface area is 250 Å². The van der Waals surface area contributed by atoms with Crippen LogP contribution in [-0.4, -0.2) is 51.4 Å². The van der Waals surface area contributed by atoms with E-state index in [9.17, 15) is 22.8 Å². The van der Waals surface area contributed by atoms with Gasteiger partial charge in [0, 0.05) is 19.6 Å². The van der Waals surface area contributed by atoms with Gasteiger partial charge in [-0.15, -0.1) is 0 Å². The second-order valence-corrected chi connectivity index (χ2v) is 10.2. The number of carbonyl (C=O) groups excluding carboxylic acids is 1. The lowest BCUT2D eigenvalue weighted by atomic mass is 10.1. The predicted octanol–water partition coefficient (Wildman–Crippen LogP) is 6.29. The highest BCUT2D eigenvalue weighted by Crippen LogP contribution is 2.41. The van der Waals surface area contributed by atoms with Crippen molar-refractivity contribution in [1.29, 1.82) is 0 Å². The quantitative estimate of drug-likeness (QED) is 0.168. The van der Waals surface area contributed by atoms with Gasteiger partial charge in [-0.25, -0.2) is 4.79 Å². The summed E-state index contributed by atoms with van der Waals surface area (Å²) >= 11 is 0. The summed E-state index contributed by atoms with van der Waals surface area (Å²) in [5.74, 6) is -2.72. The number of nitrogens with zero attached hydrogens (tertiary/aromatic N) is 1. The molecule has 0 saturated carbocycles. The van der Waals surface area contributed by atoms with E-state index in [1.807, 2.05) is 11.8 Å². The molecule has 232 valence electrons. The van der Waals surface area contributed by atoms with Crippen molar-refractivity contribution in [2.24, 2.45) is 0 Å². The van der Waals surface area contributed by atoms with Gasteiger partial charge in [0.2, 0.25) is 11.2 Å². The SMILES string of the molecule is COc1ccc(C(=O)Oc2ccc3c(=O)c(Oc4ccc(C)c(C)c4)c(C(F)(F)F)oc3c2CN2CCOCC2)cc1OC. The van der Waals surface area contributed by atoms with Crippen molar-refractivity contribution in [2.75, 3.05) is 40.5 Å². The fraction of sp³-hybridized carbons (Fsp3) is 0.312. The zero-order chi connectivity index (χ0) is 31.6. The predicted molar refractivity (Wildman–Crippen MR) is 154 cm³/mol. The number of ether oxygens (including phenoxy) is 5. The van der Waals surface area contributed by atoms with Gasteiger partial charge in [0.25, 0.3) is 5.76 Å². The van der Waals surface area contributed by atoms with E-state index in [0.29, 0.717) is 32.1 Å². The summed E-state index contributed by atoms with van der Waals surface area (Å²) in [5, 5.41) is -0.161. The summed E-state index contributed by atoms with van der Waals surface area (Å²) in [6.45, 7) is 5.36. The Hall–Kier alpha value is -4.55. The van der Waals surface area contributed by atoms with E-state index in [-0.39, 0.29) is 45.9 Å². The van der Waals surface area contributed by atoms with E-state index in [0.717, 1.165) is 11.1 Å². The van der Waals surface area contributed by atoms with E-state index in [2.05, 4.69) is 0 Å². The molecule has 0 atom stereocenters. The molecule has 9 nitrogen and oxygen atoms in total. The number of carbonyl (C=O) groups is 1. The van der Waals surface area contributed by atoms with Crippen LogP contribution >= 0.6 is 0 Å². The molecule has 44 heavy (non-hydrogen) atoms. The molecule has 1 aromatic heterocycles. The lowest BCUT2D eigenvalue weighted by molar-refractivity contribution is -0.154.